The maximum atomic E-state index is 12.7. The Balaban J connectivity index is 1.58. The van der Waals surface area contributed by atoms with Gasteiger partial charge in [-0.05, 0) is 35.0 Å². The van der Waals surface area contributed by atoms with E-state index in [1.807, 2.05) is 30.3 Å². The Morgan fingerprint density at radius 2 is 1.69 bits per heavy atom. The Morgan fingerprint density at radius 3 is 2.50 bits per heavy atom. The summed E-state index contributed by atoms with van der Waals surface area (Å²) in [4.78, 5) is 12.3. The molecule has 26 heavy (non-hydrogen) atoms. The van der Waals surface area contributed by atoms with Gasteiger partial charge >= 0.3 is 6.18 Å². The highest BCUT2D eigenvalue weighted by molar-refractivity contribution is 6.06. The number of carbonyl (C=O) groups is 1. The van der Waals surface area contributed by atoms with Crippen molar-refractivity contribution in [1.82, 2.24) is 5.32 Å². The van der Waals surface area contributed by atoms with Gasteiger partial charge in [-0.15, -0.1) is 0 Å². The molecule has 3 rings (SSSR count). The van der Waals surface area contributed by atoms with Crippen LogP contribution in [0.1, 0.15) is 15.9 Å². The number of nitrogens with one attached hydrogen (secondary N) is 1. The molecule has 134 valence electrons. The first kappa shape index (κ1) is 17.8. The Morgan fingerprint density at radius 1 is 0.962 bits per heavy atom. The highest BCUT2D eigenvalue weighted by Crippen LogP contribution is 2.31. The van der Waals surface area contributed by atoms with E-state index in [0.717, 1.165) is 22.9 Å². The molecule has 3 aromatic rings. The molecule has 0 bridgehead atoms. The number of halogens is 3. The van der Waals surface area contributed by atoms with Gasteiger partial charge in [0.2, 0.25) is 0 Å². The van der Waals surface area contributed by atoms with Crippen LogP contribution in [0.3, 0.4) is 0 Å². The average molecular weight is 359 g/mol. The number of carbonyl (C=O) groups excluding carboxylic acids is 1. The van der Waals surface area contributed by atoms with E-state index >= 15 is 0 Å². The molecule has 0 spiro atoms. The molecule has 0 radical (unpaired) electrons. The molecule has 0 aliphatic heterocycles. The van der Waals surface area contributed by atoms with E-state index in [4.69, 9.17) is 4.74 Å². The van der Waals surface area contributed by atoms with Gasteiger partial charge in [0.25, 0.3) is 5.91 Å². The van der Waals surface area contributed by atoms with E-state index in [9.17, 15) is 18.0 Å². The predicted octanol–water partition coefficient (Wildman–Crippen LogP) is 4.67. The standard InChI is InChI=1S/C20H16F3NO2/c21-20(22,23)15-7-4-8-16(13-15)26-12-11-24-19(25)18-10-3-6-14-5-1-2-9-17(14)18/h1-10,13H,11-12H2,(H,24,25). The van der Waals surface area contributed by atoms with Gasteiger partial charge in [0.1, 0.15) is 12.4 Å². The van der Waals surface area contributed by atoms with Gasteiger partial charge in [0.05, 0.1) is 12.1 Å². The molecule has 0 atom stereocenters. The zero-order chi connectivity index (χ0) is 18.6. The molecule has 1 N–H and O–H groups in total. The Kier molecular flexibility index (Phi) is 5.11. The van der Waals surface area contributed by atoms with Crippen molar-refractivity contribution in [3.05, 3.63) is 77.9 Å². The third kappa shape index (κ3) is 4.14. The zero-order valence-electron chi connectivity index (χ0n) is 13.7. The molecule has 3 aromatic carbocycles. The highest BCUT2D eigenvalue weighted by atomic mass is 19.4. The zero-order valence-corrected chi connectivity index (χ0v) is 13.7. The van der Waals surface area contributed by atoms with Gasteiger partial charge in [-0.25, -0.2) is 0 Å². The summed E-state index contributed by atoms with van der Waals surface area (Å²) in [5, 5.41) is 4.52. The Hall–Kier alpha value is -3.02. The van der Waals surface area contributed by atoms with Crippen LogP contribution < -0.4 is 10.1 Å². The molecule has 0 saturated carbocycles. The molecule has 6 heteroatoms. The van der Waals surface area contributed by atoms with Crippen molar-refractivity contribution in [2.75, 3.05) is 13.2 Å². The monoisotopic (exact) mass is 359 g/mol. The summed E-state index contributed by atoms with van der Waals surface area (Å²) in [7, 11) is 0. The lowest BCUT2D eigenvalue weighted by Gasteiger charge is -2.11. The largest absolute Gasteiger partial charge is 0.492 e. The molecule has 0 aliphatic carbocycles. The van der Waals surface area contributed by atoms with Crippen molar-refractivity contribution >= 4 is 16.7 Å². The maximum Gasteiger partial charge on any atom is 0.416 e. The van der Waals surface area contributed by atoms with E-state index in [1.165, 1.54) is 12.1 Å². The van der Waals surface area contributed by atoms with Gasteiger partial charge in [0.15, 0.2) is 0 Å². The van der Waals surface area contributed by atoms with Crippen molar-refractivity contribution in [3.63, 3.8) is 0 Å². The van der Waals surface area contributed by atoms with Crippen molar-refractivity contribution < 1.29 is 22.7 Å². The van der Waals surface area contributed by atoms with Crippen molar-refractivity contribution in [1.29, 1.82) is 0 Å². The predicted molar refractivity (Wildman–Crippen MR) is 93.2 cm³/mol. The van der Waals surface area contributed by atoms with E-state index in [-0.39, 0.29) is 24.8 Å². The molecule has 3 nitrogen and oxygen atoms in total. The van der Waals surface area contributed by atoms with Gasteiger partial charge in [-0.3, -0.25) is 4.79 Å². The molecular weight excluding hydrogens is 343 g/mol. The summed E-state index contributed by atoms with van der Waals surface area (Å²) >= 11 is 0. The van der Waals surface area contributed by atoms with Gasteiger partial charge in [-0.2, -0.15) is 13.2 Å². The van der Waals surface area contributed by atoms with Crippen LogP contribution in [0, 0.1) is 0 Å². The summed E-state index contributed by atoms with van der Waals surface area (Å²) in [6.45, 7) is 0.246. The van der Waals surface area contributed by atoms with Crippen LogP contribution >= 0.6 is 0 Å². The lowest BCUT2D eigenvalue weighted by atomic mass is 10.0. The highest BCUT2D eigenvalue weighted by Gasteiger charge is 2.30. The third-order valence-corrected chi connectivity index (χ3v) is 3.85. The first-order valence-corrected chi connectivity index (χ1v) is 8.01. The first-order chi connectivity index (χ1) is 12.4. The number of ether oxygens (including phenoxy) is 1. The second-order valence-corrected chi connectivity index (χ2v) is 5.66. The molecule has 0 aliphatic rings. The van der Waals surface area contributed by atoms with Gasteiger partial charge in [0, 0.05) is 5.56 Å². The molecule has 1 amide bonds. The van der Waals surface area contributed by atoms with Gasteiger partial charge < -0.3 is 10.1 Å². The smallest absolute Gasteiger partial charge is 0.416 e. The molecule has 0 aromatic heterocycles. The topological polar surface area (TPSA) is 38.3 Å². The van der Waals surface area contributed by atoms with Crippen LogP contribution in [0.25, 0.3) is 10.8 Å². The van der Waals surface area contributed by atoms with Crippen molar-refractivity contribution in [3.8, 4) is 5.75 Å². The molecule has 0 unspecified atom stereocenters. The van der Waals surface area contributed by atoms with Crippen LogP contribution in [0.4, 0.5) is 13.2 Å². The van der Waals surface area contributed by atoms with Gasteiger partial charge in [-0.1, -0.05) is 42.5 Å². The summed E-state index contributed by atoms with van der Waals surface area (Å²) in [6.07, 6.45) is -4.41. The number of amides is 1. The van der Waals surface area contributed by atoms with E-state index in [2.05, 4.69) is 5.32 Å². The molecule has 0 fully saturated rings. The van der Waals surface area contributed by atoms with Crippen LogP contribution in [0.5, 0.6) is 5.75 Å². The second kappa shape index (κ2) is 7.47. The Bertz CT molecular complexity index is 917. The SMILES string of the molecule is O=C(NCCOc1cccc(C(F)(F)F)c1)c1cccc2ccccc12. The van der Waals surface area contributed by atoms with Crippen LogP contribution in [0.2, 0.25) is 0 Å². The summed E-state index contributed by atoms with van der Waals surface area (Å²) < 4.78 is 43.3. The fourth-order valence-electron chi connectivity index (χ4n) is 2.61. The summed E-state index contributed by atoms with van der Waals surface area (Å²) in [5.74, 6) is -0.145. The number of alkyl halides is 3. The minimum Gasteiger partial charge on any atom is -0.492 e. The fourth-order valence-corrected chi connectivity index (χ4v) is 2.61. The van der Waals surface area contributed by atoms with Crippen LogP contribution in [-0.4, -0.2) is 19.1 Å². The minimum atomic E-state index is -4.41. The minimum absolute atomic E-state index is 0.0673. The summed E-state index contributed by atoms with van der Waals surface area (Å²) in [5.41, 5.74) is -0.225. The lowest BCUT2D eigenvalue weighted by Crippen LogP contribution is -2.28. The van der Waals surface area contributed by atoms with E-state index in [0.29, 0.717) is 5.56 Å². The third-order valence-electron chi connectivity index (χ3n) is 3.85. The number of rotatable bonds is 5. The average Bonchev–Trinajstić information content (AvgIpc) is 2.64. The molecule has 0 heterocycles. The molecule has 0 saturated heterocycles. The number of hydrogen-bond acceptors (Lipinski definition) is 2. The van der Waals surface area contributed by atoms with E-state index < -0.39 is 11.7 Å². The maximum absolute atomic E-state index is 12.7. The van der Waals surface area contributed by atoms with E-state index in [1.54, 1.807) is 12.1 Å². The summed E-state index contributed by atoms with van der Waals surface area (Å²) in [6, 6.07) is 17.6. The van der Waals surface area contributed by atoms with Crippen molar-refractivity contribution in [2.45, 2.75) is 6.18 Å². The van der Waals surface area contributed by atoms with Crippen LogP contribution in [0.15, 0.2) is 66.7 Å². The van der Waals surface area contributed by atoms with Crippen LogP contribution in [-0.2, 0) is 6.18 Å². The lowest BCUT2D eigenvalue weighted by molar-refractivity contribution is -0.137. The second-order valence-electron chi connectivity index (χ2n) is 5.66. The number of fused-ring (bicyclic) bond motifs is 1. The quantitative estimate of drug-likeness (QED) is 0.673. The Labute approximate surface area is 148 Å². The first-order valence-electron chi connectivity index (χ1n) is 8.01. The normalized spacial score (nSPS) is 11.3. The molecular formula is C20H16F3NO2. The fraction of sp³-hybridized carbons (Fsp3) is 0.150. The number of hydrogen-bond donors (Lipinski definition) is 1. The number of benzene rings is 3. The van der Waals surface area contributed by atoms with Crippen molar-refractivity contribution in [2.24, 2.45) is 0 Å².